The summed E-state index contributed by atoms with van der Waals surface area (Å²) in [6, 6.07) is 12.8. The van der Waals surface area contributed by atoms with Gasteiger partial charge in [0, 0.05) is 0 Å². The highest BCUT2D eigenvalue weighted by Gasteiger charge is 2.19. The fraction of sp³-hybridized carbons (Fsp3) is 0.167. The monoisotopic (exact) mass is 327 g/mol. The summed E-state index contributed by atoms with van der Waals surface area (Å²) in [6.07, 6.45) is 0. The topological polar surface area (TPSA) is 81.7 Å². The molecule has 0 saturated heterocycles. The molecule has 0 heterocycles. The number of carbonyl (C=O) groups excluding carboxylic acids is 3. The van der Waals surface area contributed by atoms with E-state index in [2.05, 4.69) is 10.1 Å². The molecule has 2 aromatic rings. The number of rotatable bonds is 5. The number of ether oxygens (including phenoxy) is 2. The number of benzene rings is 2. The van der Waals surface area contributed by atoms with Crippen LogP contribution in [-0.4, -0.2) is 31.6 Å². The van der Waals surface area contributed by atoms with Gasteiger partial charge in [-0.25, -0.2) is 9.59 Å². The Balaban J connectivity index is 2.32. The van der Waals surface area contributed by atoms with Crippen LogP contribution < -0.4 is 5.32 Å². The van der Waals surface area contributed by atoms with Crippen LogP contribution in [0.2, 0.25) is 0 Å². The predicted octanol–water partition coefficient (Wildman–Crippen LogP) is 2.90. The number of nitrogens with one attached hydrogen (secondary N) is 1. The number of hydrogen-bond donors (Lipinski definition) is 1. The van der Waals surface area contributed by atoms with Crippen LogP contribution in [0.25, 0.3) is 0 Å². The summed E-state index contributed by atoms with van der Waals surface area (Å²) in [5, 5.41) is 2.64. The van der Waals surface area contributed by atoms with E-state index in [0.29, 0.717) is 5.69 Å². The molecule has 0 aliphatic carbocycles. The van der Waals surface area contributed by atoms with Crippen molar-refractivity contribution in [3.63, 3.8) is 0 Å². The van der Waals surface area contributed by atoms with Gasteiger partial charge in [0.1, 0.15) is 0 Å². The molecule has 0 fully saturated rings. The zero-order chi connectivity index (χ0) is 17.5. The quantitative estimate of drug-likeness (QED) is 0.854. The van der Waals surface area contributed by atoms with Gasteiger partial charge in [0.15, 0.2) is 0 Å². The molecular weight excluding hydrogens is 310 g/mol. The van der Waals surface area contributed by atoms with Gasteiger partial charge in [-0.1, -0.05) is 24.3 Å². The molecule has 0 aromatic heterocycles. The maximum atomic E-state index is 12.5. The van der Waals surface area contributed by atoms with Crippen LogP contribution in [0.1, 0.15) is 38.0 Å². The first-order valence-electron chi connectivity index (χ1n) is 7.33. The molecule has 0 radical (unpaired) electrons. The Morgan fingerprint density at radius 3 is 2.08 bits per heavy atom. The maximum Gasteiger partial charge on any atom is 0.340 e. The van der Waals surface area contributed by atoms with E-state index in [1.165, 1.54) is 19.2 Å². The minimum Gasteiger partial charge on any atom is -0.465 e. The highest BCUT2D eigenvalue weighted by molar-refractivity contribution is 6.12. The highest BCUT2D eigenvalue weighted by Crippen LogP contribution is 2.19. The van der Waals surface area contributed by atoms with E-state index in [-0.39, 0.29) is 23.3 Å². The van der Waals surface area contributed by atoms with Crippen molar-refractivity contribution in [2.75, 3.05) is 19.0 Å². The summed E-state index contributed by atoms with van der Waals surface area (Å²) >= 11 is 0. The van der Waals surface area contributed by atoms with Crippen LogP contribution in [0.15, 0.2) is 48.5 Å². The summed E-state index contributed by atoms with van der Waals surface area (Å²) in [4.78, 5) is 36.2. The first-order chi connectivity index (χ1) is 11.6. The van der Waals surface area contributed by atoms with Crippen molar-refractivity contribution in [2.45, 2.75) is 6.92 Å². The average molecular weight is 327 g/mol. The molecule has 6 nitrogen and oxygen atoms in total. The molecule has 6 heteroatoms. The second-order valence-corrected chi connectivity index (χ2v) is 4.76. The third-order valence-corrected chi connectivity index (χ3v) is 3.25. The molecule has 0 saturated carbocycles. The molecule has 124 valence electrons. The zero-order valence-electron chi connectivity index (χ0n) is 13.4. The van der Waals surface area contributed by atoms with Crippen LogP contribution in [0.3, 0.4) is 0 Å². The van der Waals surface area contributed by atoms with E-state index >= 15 is 0 Å². The number of para-hydroxylation sites is 1. The van der Waals surface area contributed by atoms with Gasteiger partial charge in [-0.15, -0.1) is 0 Å². The third kappa shape index (κ3) is 3.78. The van der Waals surface area contributed by atoms with Crippen molar-refractivity contribution in [3.8, 4) is 0 Å². The van der Waals surface area contributed by atoms with Crippen molar-refractivity contribution in [1.82, 2.24) is 0 Å². The molecule has 2 rings (SSSR count). The second-order valence-electron chi connectivity index (χ2n) is 4.76. The Bertz CT molecular complexity index is 770. The summed E-state index contributed by atoms with van der Waals surface area (Å²) in [7, 11) is 1.24. The lowest BCUT2D eigenvalue weighted by Gasteiger charge is -2.12. The lowest BCUT2D eigenvalue weighted by molar-refractivity contribution is 0.0526. The summed E-state index contributed by atoms with van der Waals surface area (Å²) in [5.74, 6) is -1.66. The van der Waals surface area contributed by atoms with E-state index in [1.807, 2.05) is 0 Å². The zero-order valence-corrected chi connectivity index (χ0v) is 13.4. The average Bonchev–Trinajstić information content (AvgIpc) is 2.61. The van der Waals surface area contributed by atoms with Gasteiger partial charge < -0.3 is 14.8 Å². The summed E-state index contributed by atoms with van der Waals surface area (Å²) in [5.41, 5.74) is 0.845. The molecule has 0 unspecified atom stereocenters. The van der Waals surface area contributed by atoms with Gasteiger partial charge >= 0.3 is 11.9 Å². The number of esters is 2. The number of amides is 1. The van der Waals surface area contributed by atoms with Gasteiger partial charge in [0.25, 0.3) is 5.91 Å². The van der Waals surface area contributed by atoms with Gasteiger partial charge in [-0.3, -0.25) is 4.79 Å². The van der Waals surface area contributed by atoms with Crippen molar-refractivity contribution in [2.24, 2.45) is 0 Å². The molecule has 0 aliphatic heterocycles. The SMILES string of the molecule is CCOC(=O)c1ccccc1NC(=O)c1ccccc1C(=O)OC. The molecule has 0 bridgehead atoms. The molecule has 1 N–H and O–H groups in total. The van der Waals surface area contributed by atoms with Gasteiger partial charge in [0.05, 0.1) is 36.1 Å². The van der Waals surface area contributed by atoms with E-state index in [9.17, 15) is 14.4 Å². The normalized spacial score (nSPS) is 9.92. The largest absolute Gasteiger partial charge is 0.465 e. The Morgan fingerprint density at radius 2 is 1.46 bits per heavy atom. The first kappa shape index (κ1) is 17.2. The molecular formula is C18H17NO5. The third-order valence-electron chi connectivity index (χ3n) is 3.25. The smallest absolute Gasteiger partial charge is 0.340 e. The van der Waals surface area contributed by atoms with Gasteiger partial charge in [-0.2, -0.15) is 0 Å². The van der Waals surface area contributed by atoms with E-state index < -0.39 is 17.8 Å². The molecule has 2 aromatic carbocycles. The molecule has 0 aliphatic rings. The Kier molecular flexibility index (Phi) is 5.68. The lowest BCUT2D eigenvalue weighted by atomic mass is 10.1. The second kappa shape index (κ2) is 7.92. The van der Waals surface area contributed by atoms with E-state index in [1.54, 1.807) is 43.3 Å². The predicted molar refractivity (Wildman–Crippen MR) is 88.1 cm³/mol. The van der Waals surface area contributed by atoms with Crippen LogP contribution in [0.5, 0.6) is 0 Å². The number of anilines is 1. The first-order valence-corrected chi connectivity index (χ1v) is 7.33. The van der Waals surface area contributed by atoms with Crippen molar-refractivity contribution >= 4 is 23.5 Å². The minimum absolute atomic E-state index is 0.145. The molecule has 0 atom stereocenters. The summed E-state index contributed by atoms with van der Waals surface area (Å²) < 4.78 is 9.65. The Hall–Kier alpha value is -3.15. The molecule has 24 heavy (non-hydrogen) atoms. The van der Waals surface area contributed by atoms with Gasteiger partial charge in [0.2, 0.25) is 0 Å². The Labute approximate surface area is 139 Å². The van der Waals surface area contributed by atoms with Crippen LogP contribution in [0, 0.1) is 0 Å². The maximum absolute atomic E-state index is 12.5. The number of carbonyl (C=O) groups is 3. The fourth-order valence-electron chi connectivity index (χ4n) is 2.14. The standard InChI is InChI=1S/C18H17NO5/c1-3-24-18(22)14-10-6-7-11-15(14)19-16(20)12-8-4-5-9-13(12)17(21)23-2/h4-11H,3H2,1-2H3,(H,19,20). The van der Waals surface area contributed by atoms with E-state index in [4.69, 9.17) is 4.74 Å². The van der Waals surface area contributed by atoms with Crippen molar-refractivity contribution < 1.29 is 23.9 Å². The summed E-state index contributed by atoms with van der Waals surface area (Å²) in [6.45, 7) is 1.93. The highest BCUT2D eigenvalue weighted by atomic mass is 16.5. The fourth-order valence-corrected chi connectivity index (χ4v) is 2.14. The van der Waals surface area contributed by atoms with E-state index in [0.717, 1.165) is 0 Å². The minimum atomic E-state index is -0.612. The van der Waals surface area contributed by atoms with Crippen LogP contribution >= 0.6 is 0 Å². The molecule has 1 amide bonds. The lowest BCUT2D eigenvalue weighted by Crippen LogP contribution is -2.19. The Morgan fingerprint density at radius 1 is 0.875 bits per heavy atom. The van der Waals surface area contributed by atoms with Crippen LogP contribution in [-0.2, 0) is 9.47 Å². The number of methoxy groups -OCH3 is 1. The number of hydrogen-bond acceptors (Lipinski definition) is 5. The van der Waals surface area contributed by atoms with Crippen LogP contribution in [0.4, 0.5) is 5.69 Å². The van der Waals surface area contributed by atoms with Crippen molar-refractivity contribution in [1.29, 1.82) is 0 Å². The van der Waals surface area contributed by atoms with Crippen molar-refractivity contribution in [3.05, 3.63) is 65.2 Å². The molecule has 0 spiro atoms. The van der Waals surface area contributed by atoms with Gasteiger partial charge in [-0.05, 0) is 31.2 Å².